The van der Waals surface area contributed by atoms with Gasteiger partial charge < -0.3 is 14.5 Å². The lowest BCUT2D eigenvalue weighted by molar-refractivity contribution is -1.03. The van der Waals surface area contributed by atoms with Crippen LogP contribution in [0.4, 0.5) is 0 Å². The third-order valence-electron chi connectivity index (χ3n) is 5.46. The van der Waals surface area contributed by atoms with Crippen LogP contribution in [0.5, 0.6) is 0 Å². The van der Waals surface area contributed by atoms with Gasteiger partial charge in [-0.1, -0.05) is 6.07 Å². The maximum absolute atomic E-state index is 5.22. The highest BCUT2D eigenvalue weighted by Crippen LogP contribution is 2.22. The first-order valence-corrected chi connectivity index (χ1v) is 9.72. The van der Waals surface area contributed by atoms with Gasteiger partial charge in [0.15, 0.2) is 6.04 Å². The van der Waals surface area contributed by atoms with Gasteiger partial charge in [0.2, 0.25) is 5.82 Å². The number of ether oxygens (including phenoxy) is 1. The summed E-state index contributed by atoms with van der Waals surface area (Å²) in [5, 5.41) is 14.7. The summed E-state index contributed by atoms with van der Waals surface area (Å²) in [6, 6.07) is 5.40. The number of thiophene rings is 1. The van der Waals surface area contributed by atoms with Crippen molar-refractivity contribution in [3.05, 3.63) is 28.2 Å². The lowest BCUT2D eigenvalue weighted by atomic mass is 10.1. The van der Waals surface area contributed by atoms with Gasteiger partial charge in [-0.25, -0.2) is 4.68 Å². The van der Waals surface area contributed by atoms with Gasteiger partial charge in [0, 0.05) is 20.0 Å². The number of hydrogen-bond acceptors (Lipinski definition) is 5. The zero-order valence-electron chi connectivity index (χ0n) is 14.1. The van der Waals surface area contributed by atoms with Crippen LogP contribution in [0.2, 0.25) is 0 Å². The van der Waals surface area contributed by atoms with E-state index in [4.69, 9.17) is 4.74 Å². The van der Waals surface area contributed by atoms with E-state index in [-0.39, 0.29) is 6.04 Å². The number of rotatable bonds is 6. The first kappa shape index (κ1) is 16.1. The highest BCUT2D eigenvalue weighted by atomic mass is 32.1. The summed E-state index contributed by atoms with van der Waals surface area (Å²) in [5.74, 6) is 0.978. The molecule has 4 heterocycles. The van der Waals surface area contributed by atoms with Crippen LogP contribution in [0.3, 0.4) is 0 Å². The van der Waals surface area contributed by atoms with E-state index in [1.165, 1.54) is 43.9 Å². The lowest BCUT2D eigenvalue weighted by Crippen LogP contribution is -3.29. The molecule has 130 valence electrons. The molecule has 4 rings (SSSR count). The molecule has 0 aromatic carbocycles. The topological polar surface area (TPSA) is 61.7 Å². The fourth-order valence-corrected chi connectivity index (χ4v) is 5.16. The van der Waals surface area contributed by atoms with Crippen LogP contribution in [-0.2, 0) is 11.3 Å². The number of aromatic nitrogens is 4. The smallest absolute Gasteiger partial charge is 0.215 e. The molecule has 8 heteroatoms. The maximum Gasteiger partial charge on any atom is 0.215 e. The average molecular weight is 350 g/mol. The Balaban J connectivity index is 1.62. The monoisotopic (exact) mass is 350 g/mol. The normalized spacial score (nSPS) is 28.0. The zero-order chi connectivity index (χ0) is 16.4. The molecule has 4 atom stereocenters. The van der Waals surface area contributed by atoms with E-state index in [0.717, 1.165) is 11.9 Å². The van der Waals surface area contributed by atoms with Crippen LogP contribution in [0.25, 0.3) is 0 Å². The largest absolute Gasteiger partial charge is 0.383 e. The SMILES string of the molecule is COCCn1nnnc1[C@@H](c1cccs1)[NH+]1CC[NH+]2CCC[C@@H]2C1. The van der Waals surface area contributed by atoms with Gasteiger partial charge in [-0.2, -0.15) is 0 Å². The second-order valence-electron chi connectivity index (χ2n) is 6.81. The molecular formula is C16H26N6OS+2. The fourth-order valence-electron chi connectivity index (χ4n) is 4.28. The molecule has 2 N–H and O–H groups in total. The Labute approximate surface area is 146 Å². The van der Waals surface area contributed by atoms with E-state index in [0.29, 0.717) is 13.2 Å². The molecule has 0 radical (unpaired) electrons. The summed E-state index contributed by atoms with van der Waals surface area (Å²) >= 11 is 1.81. The van der Waals surface area contributed by atoms with E-state index in [9.17, 15) is 0 Å². The molecule has 7 nitrogen and oxygen atoms in total. The molecule has 2 unspecified atom stereocenters. The highest BCUT2D eigenvalue weighted by Gasteiger charge is 2.42. The number of quaternary nitrogens is 2. The molecule has 24 heavy (non-hydrogen) atoms. The van der Waals surface area contributed by atoms with Gasteiger partial charge >= 0.3 is 0 Å². The Bertz CT molecular complexity index is 645. The number of nitrogens with one attached hydrogen (secondary N) is 2. The third kappa shape index (κ3) is 3.11. The number of hydrogen-bond donors (Lipinski definition) is 2. The van der Waals surface area contributed by atoms with Gasteiger partial charge in [0.05, 0.1) is 24.6 Å². The van der Waals surface area contributed by atoms with Gasteiger partial charge in [-0.15, -0.1) is 16.4 Å². The van der Waals surface area contributed by atoms with Crippen LogP contribution in [-0.4, -0.2) is 66.1 Å². The minimum atomic E-state index is 0.235. The molecule has 0 aliphatic carbocycles. The maximum atomic E-state index is 5.22. The molecule has 2 aliphatic heterocycles. The van der Waals surface area contributed by atoms with Crippen molar-refractivity contribution in [2.24, 2.45) is 0 Å². The molecule has 2 fully saturated rings. The van der Waals surface area contributed by atoms with E-state index in [1.807, 2.05) is 20.9 Å². The van der Waals surface area contributed by atoms with Gasteiger partial charge in [-0.3, -0.25) is 0 Å². The Kier molecular flexibility index (Phi) is 4.88. The van der Waals surface area contributed by atoms with Crippen LogP contribution < -0.4 is 9.80 Å². The zero-order valence-corrected chi connectivity index (χ0v) is 15.0. The molecule has 0 spiro atoms. The summed E-state index contributed by atoms with van der Waals surface area (Å²) in [4.78, 5) is 4.78. The summed E-state index contributed by atoms with van der Waals surface area (Å²) in [6.07, 6.45) is 2.74. The Morgan fingerprint density at radius 1 is 1.42 bits per heavy atom. The van der Waals surface area contributed by atoms with Crippen LogP contribution in [0.1, 0.15) is 29.6 Å². The number of nitrogens with zero attached hydrogens (tertiary/aromatic N) is 4. The van der Waals surface area contributed by atoms with Crippen LogP contribution in [0, 0.1) is 0 Å². The van der Waals surface area contributed by atoms with E-state index < -0.39 is 0 Å². The summed E-state index contributed by atoms with van der Waals surface area (Å²) in [5.41, 5.74) is 0. The number of fused-ring (bicyclic) bond motifs is 1. The molecule has 2 aromatic heterocycles. The molecule has 0 saturated carbocycles. The van der Waals surface area contributed by atoms with E-state index >= 15 is 0 Å². The number of methoxy groups -OCH3 is 1. The van der Waals surface area contributed by atoms with E-state index in [2.05, 4.69) is 33.0 Å². The molecular weight excluding hydrogens is 324 g/mol. The minimum Gasteiger partial charge on any atom is -0.383 e. The van der Waals surface area contributed by atoms with E-state index in [1.54, 1.807) is 12.0 Å². The van der Waals surface area contributed by atoms with Crippen molar-refractivity contribution in [3.63, 3.8) is 0 Å². The second-order valence-corrected chi connectivity index (χ2v) is 7.79. The third-order valence-corrected chi connectivity index (χ3v) is 6.40. The van der Waals surface area contributed by atoms with Crippen molar-refractivity contribution in [2.45, 2.75) is 31.5 Å². The average Bonchev–Trinajstić information content (AvgIpc) is 3.35. The predicted octanol–water partition coefficient (Wildman–Crippen LogP) is -1.58. The Morgan fingerprint density at radius 3 is 3.21 bits per heavy atom. The van der Waals surface area contributed by atoms with Crippen molar-refractivity contribution in [1.82, 2.24) is 20.2 Å². The van der Waals surface area contributed by atoms with Crippen molar-refractivity contribution in [1.29, 1.82) is 0 Å². The summed E-state index contributed by atoms with van der Waals surface area (Å²) in [7, 11) is 1.72. The molecule has 2 aromatic rings. The standard InChI is InChI=1S/C16H24N6OS/c1-23-10-9-22-16(17-18-19-22)15(14-5-3-11-24-14)21-8-7-20-6-2-4-13(20)12-21/h3,5,11,13,15H,2,4,6-10,12H2,1H3/p+2/t13-,15-/m1/s1. The first-order chi connectivity index (χ1) is 11.9. The summed E-state index contributed by atoms with van der Waals surface area (Å²) < 4.78 is 7.14. The second kappa shape index (κ2) is 7.26. The lowest BCUT2D eigenvalue weighted by Gasteiger charge is -2.35. The van der Waals surface area contributed by atoms with Crippen molar-refractivity contribution in [2.75, 3.05) is 39.9 Å². The Morgan fingerprint density at radius 2 is 2.38 bits per heavy atom. The van der Waals surface area contributed by atoms with Crippen molar-refractivity contribution < 1.29 is 14.5 Å². The van der Waals surface area contributed by atoms with Gasteiger partial charge in [0.1, 0.15) is 25.7 Å². The van der Waals surface area contributed by atoms with Gasteiger partial charge in [0.25, 0.3) is 0 Å². The number of tetrazole rings is 1. The van der Waals surface area contributed by atoms with Crippen molar-refractivity contribution >= 4 is 11.3 Å². The Hall–Kier alpha value is -1.35. The quantitative estimate of drug-likeness (QED) is 0.660. The fraction of sp³-hybridized carbons (Fsp3) is 0.688. The van der Waals surface area contributed by atoms with Crippen LogP contribution >= 0.6 is 11.3 Å². The molecule has 2 aliphatic rings. The van der Waals surface area contributed by atoms with Gasteiger partial charge in [-0.05, 0) is 21.9 Å². The van der Waals surface area contributed by atoms with Crippen LogP contribution in [0.15, 0.2) is 17.5 Å². The molecule has 0 amide bonds. The van der Waals surface area contributed by atoms with Crippen molar-refractivity contribution in [3.8, 4) is 0 Å². The molecule has 2 saturated heterocycles. The predicted molar refractivity (Wildman–Crippen MR) is 90.3 cm³/mol. The minimum absolute atomic E-state index is 0.235. The number of piperazine rings is 1. The molecule has 0 bridgehead atoms. The highest BCUT2D eigenvalue weighted by molar-refractivity contribution is 7.10. The first-order valence-electron chi connectivity index (χ1n) is 8.84. The summed E-state index contributed by atoms with van der Waals surface area (Å²) in [6.45, 7) is 6.36.